The number of thioether (sulfide) groups is 1. The van der Waals surface area contributed by atoms with Gasteiger partial charge >= 0.3 is 0 Å². The molecule has 1 aliphatic carbocycles. The molecule has 1 unspecified atom stereocenters. The highest BCUT2D eigenvalue weighted by Gasteiger charge is 2.72. The molecular formula is C32H41N3O4S. The fraction of sp³-hybridized carbons (Fsp3) is 0.594. The molecule has 5 aliphatic rings. The van der Waals surface area contributed by atoms with Crippen LogP contribution in [0.5, 0.6) is 0 Å². The number of rotatable bonds is 6. The summed E-state index contributed by atoms with van der Waals surface area (Å²) in [6, 6.07) is 8.90. The van der Waals surface area contributed by atoms with Crippen molar-refractivity contribution in [2.45, 2.75) is 80.6 Å². The van der Waals surface area contributed by atoms with Crippen LogP contribution in [0.3, 0.4) is 0 Å². The zero-order valence-electron chi connectivity index (χ0n) is 23.5. The number of fused-ring (bicyclic) bond motifs is 2. The number of likely N-dealkylation sites (tertiary alicyclic amines) is 1. The fourth-order valence-corrected chi connectivity index (χ4v) is 9.78. The molecule has 3 fully saturated rings. The third kappa shape index (κ3) is 4.42. The molecule has 0 bridgehead atoms. The topological polar surface area (TPSA) is 81.2 Å². The normalized spacial score (nSPS) is 33.2. The summed E-state index contributed by atoms with van der Waals surface area (Å²) in [5.74, 6) is -1.45. The number of carbonyl (C=O) groups excluding carboxylic acids is 3. The molecular weight excluding hydrogens is 522 g/mol. The summed E-state index contributed by atoms with van der Waals surface area (Å²) in [7, 11) is 0. The third-order valence-corrected chi connectivity index (χ3v) is 11.5. The van der Waals surface area contributed by atoms with E-state index in [0.717, 1.165) is 31.2 Å². The van der Waals surface area contributed by atoms with Gasteiger partial charge in [0, 0.05) is 30.9 Å². The number of benzene rings is 1. The summed E-state index contributed by atoms with van der Waals surface area (Å²) < 4.78 is -0.842. The van der Waals surface area contributed by atoms with Crippen molar-refractivity contribution >= 4 is 29.5 Å². The minimum Gasteiger partial charge on any atom is -0.394 e. The first kappa shape index (κ1) is 27.6. The van der Waals surface area contributed by atoms with Crippen LogP contribution in [0, 0.1) is 17.8 Å². The molecule has 4 heterocycles. The largest absolute Gasteiger partial charge is 0.394 e. The molecule has 1 N–H and O–H groups in total. The molecule has 1 aromatic carbocycles. The highest BCUT2D eigenvalue weighted by Crippen LogP contribution is 2.61. The van der Waals surface area contributed by atoms with Crippen molar-refractivity contribution in [1.29, 1.82) is 0 Å². The lowest BCUT2D eigenvalue weighted by atomic mass is 9.78. The van der Waals surface area contributed by atoms with Gasteiger partial charge in [0.1, 0.15) is 6.04 Å². The highest BCUT2D eigenvalue weighted by atomic mass is 32.2. The fourth-order valence-electron chi connectivity index (χ4n) is 7.79. The number of aliphatic hydroxyl groups excluding tert-OH is 1. The highest BCUT2D eigenvalue weighted by molar-refractivity contribution is 8.02. The molecule has 1 saturated carbocycles. The van der Waals surface area contributed by atoms with E-state index in [4.69, 9.17) is 0 Å². The predicted octanol–water partition coefficient (Wildman–Crippen LogP) is 3.63. The molecule has 8 heteroatoms. The summed E-state index contributed by atoms with van der Waals surface area (Å²) in [6.07, 6.45) is 13.7. The Morgan fingerprint density at radius 2 is 1.73 bits per heavy atom. The number of aliphatic hydroxyl groups is 1. The van der Waals surface area contributed by atoms with Crippen LogP contribution in [0.2, 0.25) is 0 Å². The molecule has 1 aromatic rings. The lowest BCUT2D eigenvalue weighted by molar-refractivity contribution is -0.148. The van der Waals surface area contributed by atoms with Gasteiger partial charge in [0.15, 0.2) is 0 Å². The summed E-state index contributed by atoms with van der Waals surface area (Å²) in [4.78, 5) is 49.0. The zero-order chi connectivity index (χ0) is 28.0. The molecule has 40 heavy (non-hydrogen) atoms. The number of amides is 3. The van der Waals surface area contributed by atoms with Gasteiger partial charge in [-0.05, 0) is 24.3 Å². The van der Waals surface area contributed by atoms with Gasteiger partial charge in [0.05, 0.1) is 29.2 Å². The number of carbonyl (C=O) groups is 3. The van der Waals surface area contributed by atoms with E-state index >= 15 is 0 Å². The molecule has 6 atom stereocenters. The SMILES string of the molecule is CC(C)[C@H](CO)N1C(=O)[C@@H]2[C@@H]3C(=O)N(Cc4ccccc4)CC=C[C@@H]3S[C@@]23C=CCN(C2CCCCC2)C(=O)C13. The third-order valence-electron chi connectivity index (χ3n) is 9.76. The molecule has 3 amide bonds. The monoisotopic (exact) mass is 563 g/mol. The first-order chi connectivity index (χ1) is 19.4. The van der Waals surface area contributed by atoms with E-state index in [-0.39, 0.29) is 41.5 Å². The lowest BCUT2D eigenvalue weighted by Crippen LogP contribution is -2.59. The van der Waals surface area contributed by atoms with E-state index < -0.39 is 28.7 Å². The molecule has 1 spiro atoms. The quantitative estimate of drug-likeness (QED) is 0.535. The van der Waals surface area contributed by atoms with Crippen molar-refractivity contribution in [3.8, 4) is 0 Å². The van der Waals surface area contributed by atoms with Gasteiger partial charge in [0.25, 0.3) is 0 Å². The minimum atomic E-state index is -0.842. The summed E-state index contributed by atoms with van der Waals surface area (Å²) in [5, 5.41) is 10.3. The van der Waals surface area contributed by atoms with Crippen LogP contribution in [-0.4, -0.2) is 85.3 Å². The number of nitrogens with zero attached hydrogens (tertiary/aromatic N) is 3. The molecule has 0 radical (unpaired) electrons. The summed E-state index contributed by atoms with van der Waals surface area (Å²) >= 11 is 1.62. The van der Waals surface area contributed by atoms with E-state index in [1.54, 1.807) is 16.7 Å². The van der Waals surface area contributed by atoms with Crippen molar-refractivity contribution in [2.24, 2.45) is 17.8 Å². The Hall–Kier alpha value is -2.58. The van der Waals surface area contributed by atoms with Crippen LogP contribution >= 0.6 is 11.8 Å². The van der Waals surface area contributed by atoms with Gasteiger partial charge in [0.2, 0.25) is 17.7 Å². The van der Waals surface area contributed by atoms with E-state index in [1.807, 2.05) is 54.0 Å². The lowest BCUT2D eigenvalue weighted by Gasteiger charge is -2.42. The van der Waals surface area contributed by atoms with Crippen molar-refractivity contribution < 1.29 is 19.5 Å². The Labute approximate surface area is 241 Å². The van der Waals surface area contributed by atoms with Gasteiger partial charge in [-0.15, -0.1) is 11.8 Å². The Balaban J connectivity index is 1.41. The maximum Gasteiger partial charge on any atom is 0.247 e. The van der Waals surface area contributed by atoms with Crippen LogP contribution in [0.15, 0.2) is 54.6 Å². The number of hydrogen-bond donors (Lipinski definition) is 1. The van der Waals surface area contributed by atoms with Crippen LogP contribution in [0.4, 0.5) is 0 Å². The Morgan fingerprint density at radius 1 is 0.975 bits per heavy atom. The Kier molecular flexibility index (Phi) is 7.59. The first-order valence-electron chi connectivity index (χ1n) is 15.0. The van der Waals surface area contributed by atoms with Gasteiger partial charge in [-0.1, -0.05) is 87.7 Å². The average Bonchev–Trinajstić information content (AvgIpc) is 3.27. The van der Waals surface area contributed by atoms with Crippen LogP contribution in [-0.2, 0) is 20.9 Å². The van der Waals surface area contributed by atoms with E-state index in [2.05, 4.69) is 24.3 Å². The van der Waals surface area contributed by atoms with Gasteiger partial charge in [-0.25, -0.2) is 0 Å². The zero-order valence-corrected chi connectivity index (χ0v) is 24.3. The molecule has 4 aliphatic heterocycles. The van der Waals surface area contributed by atoms with Crippen molar-refractivity contribution in [2.75, 3.05) is 19.7 Å². The van der Waals surface area contributed by atoms with Crippen molar-refractivity contribution in [3.05, 3.63) is 60.2 Å². The van der Waals surface area contributed by atoms with E-state index in [1.165, 1.54) is 6.42 Å². The van der Waals surface area contributed by atoms with Crippen LogP contribution in [0.1, 0.15) is 51.5 Å². The minimum absolute atomic E-state index is 0.0200. The standard InChI is InChI=1S/C32H41N3O4S/c1-21(2)24(20-36)35-28-31(39)34(23-13-7-4-8-14-23)18-10-16-32(28)27(30(35)38)26-25(40-32)15-9-17-33(29(26)37)19-22-11-5-3-6-12-22/h3,5-6,9-12,15-16,21,23-28,36H,4,7-8,13-14,17-20H2,1-2H3/t24-,25-,26+,27-,28?,32-/m0/s1. The molecule has 6 rings (SSSR count). The second-order valence-corrected chi connectivity index (χ2v) is 13.9. The Morgan fingerprint density at radius 3 is 2.42 bits per heavy atom. The van der Waals surface area contributed by atoms with Gasteiger partial charge in [-0.2, -0.15) is 0 Å². The smallest absolute Gasteiger partial charge is 0.247 e. The van der Waals surface area contributed by atoms with Crippen LogP contribution in [0.25, 0.3) is 0 Å². The van der Waals surface area contributed by atoms with Crippen molar-refractivity contribution in [1.82, 2.24) is 14.7 Å². The average molecular weight is 564 g/mol. The van der Waals surface area contributed by atoms with Gasteiger partial charge < -0.3 is 19.8 Å². The maximum absolute atomic E-state index is 14.6. The summed E-state index contributed by atoms with van der Waals surface area (Å²) in [5.41, 5.74) is 1.05. The Bertz CT molecular complexity index is 1200. The summed E-state index contributed by atoms with van der Waals surface area (Å²) in [6.45, 7) is 5.27. The van der Waals surface area contributed by atoms with Crippen molar-refractivity contribution in [3.63, 3.8) is 0 Å². The van der Waals surface area contributed by atoms with Gasteiger partial charge in [-0.3, -0.25) is 14.4 Å². The molecule has 0 aromatic heterocycles. The second-order valence-electron chi connectivity index (χ2n) is 12.4. The number of hydrogen-bond acceptors (Lipinski definition) is 5. The molecule has 2 saturated heterocycles. The predicted molar refractivity (Wildman–Crippen MR) is 156 cm³/mol. The van der Waals surface area contributed by atoms with Crippen LogP contribution < -0.4 is 0 Å². The first-order valence-corrected chi connectivity index (χ1v) is 15.8. The molecule has 214 valence electrons. The van der Waals surface area contributed by atoms with E-state index in [9.17, 15) is 19.5 Å². The maximum atomic E-state index is 14.6. The second kappa shape index (κ2) is 11.0. The molecule has 7 nitrogen and oxygen atoms in total. The van der Waals surface area contributed by atoms with E-state index in [0.29, 0.717) is 19.6 Å².